The first-order valence-electron chi connectivity index (χ1n) is 8.86. The monoisotopic (exact) mass is 435 g/mol. The Morgan fingerprint density at radius 1 is 1.37 bits per heavy atom. The third kappa shape index (κ3) is 3.48. The van der Waals surface area contributed by atoms with Crippen LogP contribution < -0.4 is 10.1 Å². The Bertz CT molecular complexity index is 871. The second-order valence-corrected chi connectivity index (χ2v) is 7.39. The third-order valence-electron chi connectivity index (χ3n) is 4.88. The molecule has 144 valence electrons. The molecule has 1 aromatic carbocycles. The number of halogens is 1. The predicted molar refractivity (Wildman–Crippen MR) is 103 cm³/mol. The number of dihydropyridines is 1. The molecule has 0 spiro atoms. The number of phenolic OH excluding ortho intramolecular Hbond substituents is 1. The van der Waals surface area contributed by atoms with Crippen LogP contribution in [0.3, 0.4) is 0 Å². The number of Topliss-reactive ketones (excluding diaryl/α,β-unsaturated/α-hetero) is 1. The van der Waals surface area contributed by atoms with Crippen molar-refractivity contribution in [2.45, 2.75) is 39.0 Å². The molecule has 2 N–H and O–H groups in total. The van der Waals surface area contributed by atoms with Crippen molar-refractivity contribution in [3.8, 4) is 11.5 Å². The second-order valence-electron chi connectivity index (χ2n) is 6.54. The van der Waals surface area contributed by atoms with Crippen LogP contribution in [0, 0.1) is 0 Å². The summed E-state index contributed by atoms with van der Waals surface area (Å²) in [7, 11) is 1.46. The van der Waals surface area contributed by atoms with Gasteiger partial charge in [-0.1, -0.05) is 0 Å². The Labute approximate surface area is 166 Å². The molecule has 0 unspecified atom stereocenters. The molecule has 1 aliphatic carbocycles. The highest BCUT2D eigenvalue weighted by atomic mass is 79.9. The van der Waals surface area contributed by atoms with E-state index in [1.54, 1.807) is 19.1 Å². The number of nitrogens with one attached hydrogen (secondary N) is 1. The van der Waals surface area contributed by atoms with Crippen molar-refractivity contribution in [2.75, 3.05) is 13.7 Å². The Kier molecular flexibility index (Phi) is 5.60. The first-order chi connectivity index (χ1) is 12.9. The zero-order valence-electron chi connectivity index (χ0n) is 15.5. The van der Waals surface area contributed by atoms with Crippen LogP contribution in [0.25, 0.3) is 0 Å². The fourth-order valence-corrected chi connectivity index (χ4v) is 4.17. The normalized spacial score (nSPS) is 19.6. The zero-order chi connectivity index (χ0) is 19.7. The van der Waals surface area contributed by atoms with E-state index < -0.39 is 11.9 Å². The number of hydrogen-bond donors (Lipinski definition) is 2. The quantitative estimate of drug-likeness (QED) is 0.701. The summed E-state index contributed by atoms with van der Waals surface area (Å²) in [5.41, 5.74) is 3.21. The zero-order valence-corrected chi connectivity index (χ0v) is 17.1. The predicted octanol–water partition coefficient (Wildman–Crippen LogP) is 3.69. The molecule has 7 heteroatoms. The summed E-state index contributed by atoms with van der Waals surface area (Å²) < 4.78 is 11.0. The van der Waals surface area contributed by atoms with Gasteiger partial charge < -0.3 is 19.9 Å². The Morgan fingerprint density at radius 3 is 2.78 bits per heavy atom. The average molecular weight is 436 g/mol. The molecule has 0 radical (unpaired) electrons. The van der Waals surface area contributed by atoms with E-state index in [0.717, 1.165) is 18.5 Å². The largest absolute Gasteiger partial charge is 0.503 e. The number of aromatic hydroxyl groups is 1. The third-order valence-corrected chi connectivity index (χ3v) is 5.48. The van der Waals surface area contributed by atoms with E-state index in [2.05, 4.69) is 21.2 Å². The lowest BCUT2D eigenvalue weighted by molar-refractivity contribution is -0.138. The van der Waals surface area contributed by atoms with Crippen LogP contribution in [0.15, 0.2) is 39.1 Å². The van der Waals surface area contributed by atoms with Gasteiger partial charge in [-0.15, -0.1) is 0 Å². The van der Waals surface area contributed by atoms with Gasteiger partial charge in [0.2, 0.25) is 0 Å². The van der Waals surface area contributed by atoms with Crippen LogP contribution in [0.2, 0.25) is 0 Å². The number of benzene rings is 1. The summed E-state index contributed by atoms with van der Waals surface area (Å²) in [5.74, 6) is -0.771. The molecule has 0 amide bonds. The summed E-state index contributed by atoms with van der Waals surface area (Å²) in [6.45, 7) is 3.80. The molecule has 1 aromatic rings. The summed E-state index contributed by atoms with van der Waals surface area (Å²) in [5, 5.41) is 13.4. The molecule has 27 heavy (non-hydrogen) atoms. The average Bonchev–Trinajstić information content (AvgIpc) is 2.63. The van der Waals surface area contributed by atoms with Gasteiger partial charge in [0.05, 0.1) is 23.8 Å². The fourth-order valence-electron chi connectivity index (χ4n) is 3.71. The number of ether oxygens (including phenoxy) is 2. The number of esters is 1. The van der Waals surface area contributed by atoms with Crippen molar-refractivity contribution in [1.29, 1.82) is 0 Å². The molecule has 3 rings (SSSR count). The van der Waals surface area contributed by atoms with E-state index in [-0.39, 0.29) is 23.9 Å². The molecule has 0 fully saturated rings. The Balaban J connectivity index is 2.23. The van der Waals surface area contributed by atoms with Crippen LogP contribution in [-0.4, -0.2) is 30.6 Å². The minimum atomic E-state index is -0.570. The van der Waals surface area contributed by atoms with Crippen molar-refractivity contribution in [2.24, 2.45) is 0 Å². The fraction of sp³-hybridized carbons (Fsp3) is 0.400. The van der Waals surface area contributed by atoms with Gasteiger partial charge in [-0.3, -0.25) is 4.79 Å². The maximum absolute atomic E-state index is 12.8. The van der Waals surface area contributed by atoms with E-state index in [4.69, 9.17) is 9.47 Å². The van der Waals surface area contributed by atoms with Crippen molar-refractivity contribution >= 4 is 27.7 Å². The van der Waals surface area contributed by atoms with Crippen LogP contribution in [0.4, 0.5) is 0 Å². The van der Waals surface area contributed by atoms with Gasteiger partial charge in [-0.05, 0) is 60.3 Å². The van der Waals surface area contributed by atoms with E-state index in [1.807, 2.05) is 6.92 Å². The van der Waals surface area contributed by atoms with Gasteiger partial charge in [-0.2, -0.15) is 0 Å². The van der Waals surface area contributed by atoms with Crippen LogP contribution in [0.5, 0.6) is 11.5 Å². The number of methoxy groups -OCH3 is 1. The highest BCUT2D eigenvalue weighted by Crippen LogP contribution is 2.46. The second kappa shape index (κ2) is 7.76. The van der Waals surface area contributed by atoms with Gasteiger partial charge in [0.25, 0.3) is 0 Å². The van der Waals surface area contributed by atoms with Crippen LogP contribution >= 0.6 is 15.9 Å². The summed E-state index contributed by atoms with van der Waals surface area (Å²) >= 11 is 3.33. The first-order valence-corrected chi connectivity index (χ1v) is 9.65. The lowest BCUT2D eigenvalue weighted by atomic mass is 9.75. The molecular formula is C20H22BrNO5. The topological polar surface area (TPSA) is 84.9 Å². The van der Waals surface area contributed by atoms with Crippen molar-refractivity contribution < 1.29 is 24.2 Å². The molecule has 0 aromatic heterocycles. The lowest BCUT2D eigenvalue weighted by Gasteiger charge is -2.34. The summed E-state index contributed by atoms with van der Waals surface area (Å²) in [6, 6.07) is 3.38. The molecule has 0 saturated heterocycles. The molecule has 1 heterocycles. The molecule has 0 saturated carbocycles. The minimum absolute atomic E-state index is 0.0196. The number of carbonyl (C=O) groups excluding carboxylic acids is 2. The number of phenols is 1. The molecule has 1 aliphatic heterocycles. The Hall–Kier alpha value is -2.28. The molecule has 1 atom stereocenters. The molecule has 0 bridgehead atoms. The van der Waals surface area contributed by atoms with E-state index >= 15 is 0 Å². The maximum atomic E-state index is 12.8. The number of rotatable bonds is 4. The van der Waals surface area contributed by atoms with Gasteiger partial charge in [0.15, 0.2) is 17.3 Å². The first kappa shape index (κ1) is 19.5. The maximum Gasteiger partial charge on any atom is 0.336 e. The van der Waals surface area contributed by atoms with E-state index in [9.17, 15) is 14.7 Å². The van der Waals surface area contributed by atoms with Gasteiger partial charge in [0, 0.05) is 29.3 Å². The number of allylic oxidation sites excluding steroid dienone is 3. The van der Waals surface area contributed by atoms with Gasteiger partial charge in [0.1, 0.15) is 0 Å². The van der Waals surface area contributed by atoms with Crippen molar-refractivity contribution in [3.05, 3.63) is 44.7 Å². The summed E-state index contributed by atoms with van der Waals surface area (Å²) in [6.07, 6.45) is 1.98. The highest BCUT2D eigenvalue weighted by molar-refractivity contribution is 9.10. The Morgan fingerprint density at radius 2 is 2.11 bits per heavy atom. The number of ketones is 1. The summed E-state index contributed by atoms with van der Waals surface area (Å²) in [4.78, 5) is 25.5. The van der Waals surface area contributed by atoms with Crippen molar-refractivity contribution in [1.82, 2.24) is 5.32 Å². The van der Waals surface area contributed by atoms with Gasteiger partial charge in [-0.25, -0.2) is 4.79 Å². The van der Waals surface area contributed by atoms with Crippen LogP contribution in [-0.2, 0) is 14.3 Å². The standard InChI is InChI=1S/C20H22BrNO5/c1-4-27-20(25)16-10(2)22-13-6-5-7-14(23)18(13)17(16)11-8-12(21)19(24)15(9-11)26-3/h8-9,17,22,24H,4-7H2,1-3H3/t17-/m1/s1. The number of carbonyl (C=O) groups is 2. The van der Waals surface area contributed by atoms with Crippen molar-refractivity contribution in [3.63, 3.8) is 0 Å². The molecule has 6 nitrogen and oxygen atoms in total. The minimum Gasteiger partial charge on any atom is -0.503 e. The van der Waals surface area contributed by atoms with E-state index in [1.165, 1.54) is 7.11 Å². The van der Waals surface area contributed by atoms with E-state index in [0.29, 0.717) is 33.3 Å². The number of hydrogen-bond acceptors (Lipinski definition) is 6. The van der Waals surface area contributed by atoms with Gasteiger partial charge >= 0.3 is 5.97 Å². The smallest absolute Gasteiger partial charge is 0.336 e. The van der Waals surface area contributed by atoms with Crippen LogP contribution in [0.1, 0.15) is 44.6 Å². The SMILES string of the molecule is CCOC(=O)C1=C(C)NC2=C(C(=O)CCC2)[C@@H]1c1cc(Br)c(O)c(OC)c1. The molecular weight excluding hydrogens is 414 g/mol. The molecule has 2 aliphatic rings. The highest BCUT2D eigenvalue weighted by Gasteiger charge is 2.39. The lowest BCUT2D eigenvalue weighted by Crippen LogP contribution is -2.34.